The fraction of sp³-hybridized carbons (Fsp3) is 0.500. The molecule has 0 spiro atoms. The second kappa shape index (κ2) is 7.05. The van der Waals surface area contributed by atoms with Gasteiger partial charge in [-0.1, -0.05) is 50.6 Å². The van der Waals surface area contributed by atoms with Gasteiger partial charge in [0, 0.05) is 22.1 Å². The van der Waals surface area contributed by atoms with E-state index >= 15 is 0 Å². The molecule has 4 heteroatoms. The number of hydrogen-bond donors (Lipinski definition) is 1. The van der Waals surface area contributed by atoms with Crippen LogP contribution in [0, 0.1) is 0 Å². The van der Waals surface area contributed by atoms with Crippen molar-refractivity contribution < 1.29 is 4.79 Å². The molecule has 100 valence electrons. The lowest BCUT2D eigenvalue weighted by molar-refractivity contribution is -0.120. The summed E-state index contributed by atoms with van der Waals surface area (Å²) in [4.78, 5) is 11.7. The van der Waals surface area contributed by atoms with Gasteiger partial charge in [-0.2, -0.15) is 11.8 Å². The highest BCUT2D eigenvalue weighted by atomic mass is 35.5. The SMILES string of the molecule is CC(C)(C)SCCNC(=O)Cc1ccccc1Cl. The van der Waals surface area contributed by atoms with Gasteiger partial charge in [-0.15, -0.1) is 0 Å². The van der Waals surface area contributed by atoms with Crippen LogP contribution in [0.5, 0.6) is 0 Å². The number of nitrogens with one attached hydrogen (secondary N) is 1. The summed E-state index contributed by atoms with van der Waals surface area (Å²) in [5, 5.41) is 3.56. The van der Waals surface area contributed by atoms with E-state index in [4.69, 9.17) is 11.6 Å². The normalized spacial score (nSPS) is 11.3. The van der Waals surface area contributed by atoms with Gasteiger partial charge in [-0.25, -0.2) is 0 Å². The molecule has 0 aromatic heterocycles. The van der Waals surface area contributed by atoms with Crippen LogP contribution in [0.2, 0.25) is 5.02 Å². The molecule has 0 atom stereocenters. The Hall–Kier alpha value is -0.670. The van der Waals surface area contributed by atoms with E-state index < -0.39 is 0 Å². The molecule has 0 aliphatic rings. The third kappa shape index (κ3) is 6.31. The Labute approximate surface area is 118 Å². The van der Waals surface area contributed by atoms with Crippen LogP contribution in [0.4, 0.5) is 0 Å². The van der Waals surface area contributed by atoms with Crippen molar-refractivity contribution in [2.24, 2.45) is 0 Å². The Kier molecular flexibility index (Phi) is 6.03. The van der Waals surface area contributed by atoms with Crippen molar-refractivity contribution in [3.63, 3.8) is 0 Å². The van der Waals surface area contributed by atoms with E-state index in [1.54, 1.807) is 6.07 Å². The molecule has 1 rings (SSSR count). The number of hydrogen-bond acceptors (Lipinski definition) is 2. The number of halogens is 1. The average Bonchev–Trinajstić information content (AvgIpc) is 2.26. The van der Waals surface area contributed by atoms with Crippen LogP contribution in [0.3, 0.4) is 0 Å². The Morgan fingerprint density at radius 2 is 2.00 bits per heavy atom. The van der Waals surface area contributed by atoms with E-state index in [-0.39, 0.29) is 10.7 Å². The Morgan fingerprint density at radius 3 is 2.61 bits per heavy atom. The minimum Gasteiger partial charge on any atom is -0.355 e. The lowest BCUT2D eigenvalue weighted by Gasteiger charge is -2.17. The van der Waals surface area contributed by atoms with Gasteiger partial charge in [0.1, 0.15) is 0 Å². The maximum absolute atomic E-state index is 11.7. The molecule has 0 saturated heterocycles. The summed E-state index contributed by atoms with van der Waals surface area (Å²) in [6.07, 6.45) is 0.347. The predicted molar refractivity (Wildman–Crippen MR) is 80.4 cm³/mol. The lowest BCUT2D eigenvalue weighted by atomic mass is 10.1. The summed E-state index contributed by atoms with van der Waals surface area (Å²) < 4.78 is 0.244. The standard InChI is InChI=1S/C14H20ClNOS/c1-14(2,3)18-9-8-16-13(17)10-11-6-4-5-7-12(11)15/h4-7H,8-10H2,1-3H3,(H,16,17). The number of thioether (sulfide) groups is 1. The molecule has 1 aromatic carbocycles. The van der Waals surface area contributed by atoms with Gasteiger partial charge in [0.2, 0.25) is 5.91 Å². The number of benzene rings is 1. The number of carbonyl (C=O) groups excluding carboxylic acids is 1. The Balaban J connectivity index is 2.29. The number of rotatable bonds is 5. The highest BCUT2D eigenvalue weighted by Gasteiger charge is 2.10. The molecule has 1 amide bonds. The van der Waals surface area contributed by atoms with Crippen LogP contribution in [-0.2, 0) is 11.2 Å². The van der Waals surface area contributed by atoms with Crippen LogP contribution < -0.4 is 5.32 Å². The molecule has 1 aromatic rings. The van der Waals surface area contributed by atoms with Crippen LogP contribution in [0.1, 0.15) is 26.3 Å². The zero-order chi connectivity index (χ0) is 13.6. The maximum atomic E-state index is 11.7. The van der Waals surface area contributed by atoms with E-state index in [0.717, 1.165) is 11.3 Å². The second-order valence-corrected chi connectivity index (χ2v) is 7.41. The minimum absolute atomic E-state index is 0.0256. The maximum Gasteiger partial charge on any atom is 0.224 e. The summed E-state index contributed by atoms with van der Waals surface area (Å²) in [5.74, 6) is 0.954. The highest BCUT2D eigenvalue weighted by Crippen LogP contribution is 2.22. The molecule has 1 N–H and O–H groups in total. The van der Waals surface area contributed by atoms with Crippen LogP contribution in [-0.4, -0.2) is 23.0 Å². The molecule has 0 unspecified atom stereocenters. The van der Waals surface area contributed by atoms with Gasteiger partial charge in [0.05, 0.1) is 6.42 Å². The van der Waals surface area contributed by atoms with E-state index in [9.17, 15) is 4.79 Å². The zero-order valence-corrected chi connectivity index (χ0v) is 12.7. The molecule has 0 fully saturated rings. The molecule has 0 heterocycles. The topological polar surface area (TPSA) is 29.1 Å². The smallest absolute Gasteiger partial charge is 0.224 e. The lowest BCUT2D eigenvalue weighted by Crippen LogP contribution is -2.28. The fourth-order valence-corrected chi connectivity index (χ4v) is 2.44. The monoisotopic (exact) mass is 285 g/mol. The van der Waals surface area contributed by atoms with Gasteiger partial charge in [0.25, 0.3) is 0 Å². The van der Waals surface area contributed by atoms with Crippen molar-refractivity contribution in [2.45, 2.75) is 31.9 Å². The van der Waals surface area contributed by atoms with Crippen molar-refractivity contribution in [2.75, 3.05) is 12.3 Å². The van der Waals surface area contributed by atoms with E-state index in [0.29, 0.717) is 18.0 Å². The predicted octanol–water partition coefficient (Wildman–Crippen LogP) is 3.53. The third-order valence-corrected chi connectivity index (χ3v) is 3.91. The molecule has 0 aliphatic heterocycles. The number of carbonyl (C=O) groups is 1. The fourth-order valence-electron chi connectivity index (χ4n) is 1.42. The minimum atomic E-state index is 0.0256. The van der Waals surface area contributed by atoms with Crippen molar-refractivity contribution in [3.8, 4) is 0 Å². The first-order chi connectivity index (χ1) is 8.38. The summed E-state index contributed by atoms with van der Waals surface area (Å²) in [6, 6.07) is 7.44. The van der Waals surface area contributed by atoms with E-state index in [1.807, 2.05) is 30.0 Å². The largest absolute Gasteiger partial charge is 0.355 e. The van der Waals surface area contributed by atoms with Gasteiger partial charge in [-0.3, -0.25) is 4.79 Å². The van der Waals surface area contributed by atoms with Crippen molar-refractivity contribution in [1.29, 1.82) is 0 Å². The van der Waals surface area contributed by atoms with Gasteiger partial charge in [0.15, 0.2) is 0 Å². The first-order valence-electron chi connectivity index (χ1n) is 6.02. The van der Waals surface area contributed by atoms with Gasteiger partial charge >= 0.3 is 0 Å². The summed E-state index contributed by atoms with van der Waals surface area (Å²) in [7, 11) is 0. The average molecular weight is 286 g/mol. The quantitative estimate of drug-likeness (QED) is 0.839. The summed E-state index contributed by atoms with van der Waals surface area (Å²) in [6.45, 7) is 7.21. The van der Waals surface area contributed by atoms with Gasteiger partial charge in [-0.05, 0) is 11.6 Å². The first kappa shape index (κ1) is 15.4. The second-order valence-electron chi connectivity index (χ2n) is 5.08. The molecule has 0 bridgehead atoms. The molecule has 0 saturated carbocycles. The van der Waals surface area contributed by atoms with Crippen LogP contribution in [0.25, 0.3) is 0 Å². The van der Waals surface area contributed by atoms with Gasteiger partial charge < -0.3 is 5.32 Å². The van der Waals surface area contributed by atoms with Crippen molar-refractivity contribution in [1.82, 2.24) is 5.32 Å². The Bertz CT molecular complexity index is 401. The van der Waals surface area contributed by atoms with Crippen LogP contribution in [0.15, 0.2) is 24.3 Å². The van der Waals surface area contributed by atoms with E-state index in [2.05, 4.69) is 26.1 Å². The zero-order valence-electron chi connectivity index (χ0n) is 11.1. The van der Waals surface area contributed by atoms with Crippen LogP contribution >= 0.6 is 23.4 Å². The summed E-state index contributed by atoms with van der Waals surface area (Å²) >= 11 is 7.85. The number of amides is 1. The molecular formula is C14H20ClNOS. The highest BCUT2D eigenvalue weighted by molar-refractivity contribution is 8.00. The molecular weight excluding hydrogens is 266 g/mol. The Morgan fingerprint density at radius 1 is 1.33 bits per heavy atom. The van der Waals surface area contributed by atoms with E-state index in [1.165, 1.54) is 0 Å². The third-order valence-electron chi connectivity index (χ3n) is 2.27. The van der Waals surface area contributed by atoms with Crippen molar-refractivity contribution >= 4 is 29.3 Å². The van der Waals surface area contributed by atoms with Crippen molar-refractivity contribution in [3.05, 3.63) is 34.9 Å². The molecule has 0 aliphatic carbocycles. The molecule has 0 radical (unpaired) electrons. The molecule has 18 heavy (non-hydrogen) atoms. The summed E-state index contributed by atoms with van der Waals surface area (Å²) in [5.41, 5.74) is 0.875. The molecule has 2 nitrogen and oxygen atoms in total. The first-order valence-corrected chi connectivity index (χ1v) is 7.39.